The third kappa shape index (κ3) is 3.99. The molecule has 1 fully saturated rings. The lowest BCUT2D eigenvalue weighted by atomic mass is 10.2. The Hall–Kier alpha value is -2.52. The molecule has 0 amide bonds. The molecule has 0 radical (unpaired) electrons. The van der Waals surface area contributed by atoms with Crippen molar-refractivity contribution in [3.05, 3.63) is 95.6 Å². The summed E-state index contributed by atoms with van der Waals surface area (Å²) in [4.78, 5) is 0.288. The summed E-state index contributed by atoms with van der Waals surface area (Å²) in [5.74, 6) is 0. The molecule has 0 saturated carbocycles. The minimum absolute atomic E-state index is 0.0564. The van der Waals surface area contributed by atoms with E-state index in [-0.39, 0.29) is 16.3 Å². The standard InChI is InChI=1S/C24H26N2O4S2/c1-18-9-13-22(14-10-18)31(27,28)25-17-20(3)26(24(25)21-7-5-4-6-8-21)32(29,30)23-15-11-19(2)12-16-23/h4-16,20,24H,17H2,1-3H3/t20-,24-/m1/s1. The second kappa shape index (κ2) is 8.44. The fourth-order valence-electron chi connectivity index (χ4n) is 4.02. The van der Waals surface area contributed by atoms with Crippen molar-refractivity contribution in [3.8, 4) is 0 Å². The van der Waals surface area contributed by atoms with Crippen LogP contribution in [0.15, 0.2) is 88.7 Å². The second-order valence-corrected chi connectivity index (χ2v) is 11.9. The number of sulfonamides is 2. The minimum Gasteiger partial charge on any atom is -0.207 e. The van der Waals surface area contributed by atoms with Crippen molar-refractivity contribution >= 4 is 20.0 Å². The molecule has 32 heavy (non-hydrogen) atoms. The molecule has 0 N–H and O–H groups in total. The summed E-state index contributed by atoms with van der Waals surface area (Å²) < 4.78 is 57.3. The number of hydrogen-bond donors (Lipinski definition) is 0. The molecule has 2 atom stereocenters. The highest BCUT2D eigenvalue weighted by Gasteiger charge is 2.50. The van der Waals surface area contributed by atoms with Crippen LogP contribution in [0.5, 0.6) is 0 Å². The molecule has 1 heterocycles. The molecule has 6 nitrogen and oxygen atoms in total. The van der Waals surface area contributed by atoms with Crippen LogP contribution in [0.1, 0.15) is 29.8 Å². The minimum atomic E-state index is -3.96. The first kappa shape index (κ1) is 22.7. The zero-order chi connectivity index (χ0) is 23.1. The third-order valence-corrected chi connectivity index (χ3v) is 9.53. The SMILES string of the molecule is Cc1ccc(S(=O)(=O)N2C[C@@H](C)N(S(=O)(=O)c3ccc(C)cc3)[C@@H]2c2ccccc2)cc1. The van der Waals surface area contributed by atoms with Crippen LogP contribution in [0.25, 0.3) is 0 Å². The van der Waals surface area contributed by atoms with Gasteiger partial charge in [-0.1, -0.05) is 65.7 Å². The van der Waals surface area contributed by atoms with Crippen molar-refractivity contribution in [2.45, 2.75) is 42.8 Å². The first-order chi connectivity index (χ1) is 15.1. The zero-order valence-corrected chi connectivity index (χ0v) is 19.8. The van der Waals surface area contributed by atoms with Crippen LogP contribution in [0, 0.1) is 13.8 Å². The van der Waals surface area contributed by atoms with Gasteiger partial charge >= 0.3 is 0 Å². The molecule has 0 bridgehead atoms. The maximum absolute atomic E-state index is 13.7. The lowest BCUT2D eigenvalue weighted by Gasteiger charge is -2.30. The van der Waals surface area contributed by atoms with E-state index in [1.165, 1.54) is 8.61 Å². The first-order valence-corrected chi connectivity index (χ1v) is 13.2. The van der Waals surface area contributed by atoms with Crippen LogP contribution in [-0.4, -0.2) is 38.0 Å². The van der Waals surface area contributed by atoms with Gasteiger partial charge in [-0.25, -0.2) is 16.8 Å². The Kier molecular flexibility index (Phi) is 5.98. The molecule has 3 aromatic rings. The van der Waals surface area contributed by atoms with Gasteiger partial charge in [0.05, 0.1) is 9.79 Å². The van der Waals surface area contributed by atoms with E-state index in [2.05, 4.69) is 0 Å². The molecule has 0 unspecified atom stereocenters. The zero-order valence-electron chi connectivity index (χ0n) is 18.2. The molecule has 4 rings (SSSR count). The van der Waals surface area contributed by atoms with Gasteiger partial charge in [0.25, 0.3) is 0 Å². The van der Waals surface area contributed by atoms with Crippen LogP contribution in [0.2, 0.25) is 0 Å². The van der Waals surface area contributed by atoms with E-state index >= 15 is 0 Å². The molecule has 1 aliphatic rings. The summed E-state index contributed by atoms with van der Waals surface area (Å²) >= 11 is 0. The van der Waals surface area contributed by atoms with Crippen molar-refractivity contribution in [3.63, 3.8) is 0 Å². The van der Waals surface area contributed by atoms with Crippen molar-refractivity contribution in [1.82, 2.24) is 8.61 Å². The molecule has 3 aromatic carbocycles. The maximum atomic E-state index is 13.7. The Bertz CT molecular complexity index is 1300. The average molecular weight is 471 g/mol. The fraction of sp³-hybridized carbons (Fsp3) is 0.250. The summed E-state index contributed by atoms with van der Waals surface area (Å²) in [6.07, 6.45) is -0.983. The smallest absolute Gasteiger partial charge is 0.207 e. The van der Waals surface area contributed by atoms with Gasteiger partial charge in [0.2, 0.25) is 20.0 Å². The van der Waals surface area contributed by atoms with Crippen LogP contribution in [-0.2, 0) is 20.0 Å². The van der Waals surface area contributed by atoms with Gasteiger partial charge in [0.15, 0.2) is 0 Å². The summed E-state index contributed by atoms with van der Waals surface area (Å²) in [6.45, 7) is 5.57. The van der Waals surface area contributed by atoms with Crippen LogP contribution in [0.4, 0.5) is 0 Å². The van der Waals surface area contributed by atoms with E-state index in [9.17, 15) is 16.8 Å². The number of nitrogens with zero attached hydrogens (tertiary/aromatic N) is 2. The van der Waals surface area contributed by atoms with Gasteiger partial charge in [-0.3, -0.25) is 0 Å². The number of aryl methyl sites for hydroxylation is 2. The Balaban J connectivity index is 1.86. The van der Waals surface area contributed by atoms with Gasteiger partial charge in [0, 0.05) is 12.6 Å². The van der Waals surface area contributed by atoms with Crippen LogP contribution < -0.4 is 0 Å². The monoisotopic (exact) mass is 470 g/mol. The number of benzene rings is 3. The van der Waals surface area contributed by atoms with E-state index in [4.69, 9.17) is 0 Å². The van der Waals surface area contributed by atoms with Gasteiger partial charge in [-0.15, -0.1) is 0 Å². The fourth-order valence-corrected chi connectivity index (χ4v) is 7.49. The third-order valence-electron chi connectivity index (χ3n) is 5.71. The van der Waals surface area contributed by atoms with Crippen molar-refractivity contribution < 1.29 is 16.8 Å². The molecule has 0 aliphatic carbocycles. The van der Waals surface area contributed by atoms with Crippen molar-refractivity contribution in [2.75, 3.05) is 6.54 Å². The predicted octanol–water partition coefficient (Wildman–Crippen LogP) is 4.09. The highest BCUT2D eigenvalue weighted by molar-refractivity contribution is 7.90. The summed E-state index contributed by atoms with van der Waals surface area (Å²) in [7, 11) is -7.90. The highest BCUT2D eigenvalue weighted by atomic mass is 32.2. The Morgan fingerprint density at radius 1 is 0.688 bits per heavy atom. The van der Waals surface area contributed by atoms with E-state index in [0.717, 1.165) is 11.1 Å². The Labute approximate surface area is 190 Å². The van der Waals surface area contributed by atoms with Gasteiger partial charge in [-0.2, -0.15) is 8.61 Å². The predicted molar refractivity (Wildman–Crippen MR) is 124 cm³/mol. The Morgan fingerprint density at radius 3 is 1.66 bits per heavy atom. The van der Waals surface area contributed by atoms with Gasteiger partial charge in [0.1, 0.15) is 6.17 Å². The summed E-state index contributed by atoms with van der Waals surface area (Å²) in [5.41, 5.74) is 2.49. The van der Waals surface area contributed by atoms with E-state index in [1.54, 1.807) is 79.7 Å². The lowest BCUT2D eigenvalue weighted by Crippen LogP contribution is -2.39. The van der Waals surface area contributed by atoms with Crippen LogP contribution >= 0.6 is 0 Å². The van der Waals surface area contributed by atoms with E-state index < -0.39 is 32.3 Å². The molecular formula is C24H26N2O4S2. The first-order valence-electron chi connectivity index (χ1n) is 10.4. The average Bonchev–Trinajstić information content (AvgIpc) is 3.14. The molecule has 8 heteroatoms. The topological polar surface area (TPSA) is 74.8 Å². The molecule has 0 aromatic heterocycles. The summed E-state index contributed by atoms with van der Waals surface area (Å²) in [6, 6.07) is 21.6. The second-order valence-electron chi connectivity index (χ2n) is 8.17. The number of hydrogen-bond acceptors (Lipinski definition) is 4. The Morgan fingerprint density at radius 2 is 1.16 bits per heavy atom. The van der Waals surface area contributed by atoms with Crippen LogP contribution in [0.3, 0.4) is 0 Å². The van der Waals surface area contributed by atoms with Crippen molar-refractivity contribution in [2.24, 2.45) is 0 Å². The normalized spacial score (nSPS) is 20.5. The van der Waals surface area contributed by atoms with Crippen molar-refractivity contribution in [1.29, 1.82) is 0 Å². The molecular weight excluding hydrogens is 444 g/mol. The lowest BCUT2D eigenvalue weighted by molar-refractivity contribution is 0.276. The quantitative estimate of drug-likeness (QED) is 0.563. The molecule has 168 valence electrons. The van der Waals surface area contributed by atoms with Gasteiger partial charge in [-0.05, 0) is 50.6 Å². The summed E-state index contributed by atoms with van der Waals surface area (Å²) in [5, 5.41) is 0. The van der Waals surface area contributed by atoms with E-state index in [1.807, 2.05) is 19.9 Å². The van der Waals surface area contributed by atoms with Gasteiger partial charge < -0.3 is 0 Å². The largest absolute Gasteiger partial charge is 0.245 e. The molecule has 1 aliphatic heterocycles. The molecule has 1 saturated heterocycles. The molecule has 0 spiro atoms. The maximum Gasteiger partial charge on any atom is 0.245 e. The van der Waals surface area contributed by atoms with E-state index in [0.29, 0.717) is 5.56 Å². The number of rotatable bonds is 5. The highest BCUT2D eigenvalue weighted by Crippen LogP contribution is 2.41.